The molecule has 0 aliphatic heterocycles. The summed E-state index contributed by atoms with van der Waals surface area (Å²) in [5, 5.41) is 9.25. The maximum Gasteiger partial charge on any atom is 0.313 e. The van der Waals surface area contributed by atoms with Crippen molar-refractivity contribution in [1.29, 1.82) is 0 Å². The summed E-state index contributed by atoms with van der Waals surface area (Å²) in [6.45, 7) is 5.17. The average molecular weight is 238 g/mol. The lowest BCUT2D eigenvalue weighted by atomic mass is 9.83. The highest BCUT2D eigenvalue weighted by Gasteiger charge is 2.33. The van der Waals surface area contributed by atoms with E-state index in [1.54, 1.807) is 33.1 Å². The molecule has 0 fully saturated rings. The van der Waals surface area contributed by atoms with E-state index in [9.17, 15) is 9.90 Å². The molecule has 0 aromatic heterocycles. The topological polar surface area (TPSA) is 55.8 Å². The Hall–Kier alpha value is -1.71. The zero-order valence-corrected chi connectivity index (χ0v) is 10.8. The predicted molar refractivity (Wildman–Crippen MR) is 64.9 cm³/mol. The van der Waals surface area contributed by atoms with E-state index in [0.717, 1.165) is 5.56 Å². The molecule has 0 bridgehead atoms. The Morgan fingerprint density at radius 3 is 2.12 bits per heavy atom. The van der Waals surface area contributed by atoms with Gasteiger partial charge in [-0.25, -0.2) is 0 Å². The van der Waals surface area contributed by atoms with E-state index in [1.165, 1.54) is 7.11 Å². The first-order chi connectivity index (χ1) is 7.84. The zero-order chi connectivity index (χ0) is 13.2. The first-order valence-electron chi connectivity index (χ1n) is 5.31. The van der Waals surface area contributed by atoms with Crippen LogP contribution in [0.1, 0.15) is 25.0 Å². The van der Waals surface area contributed by atoms with Gasteiger partial charge in [0.15, 0.2) is 0 Å². The summed E-state index contributed by atoms with van der Waals surface area (Å²) in [7, 11) is 3.09. The number of carbonyl (C=O) groups is 1. The van der Waals surface area contributed by atoms with Crippen LogP contribution in [0.5, 0.6) is 11.5 Å². The highest BCUT2D eigenvalue weighted by Crippen LogP contribution is 2.36. The second-order valence-corrected chi connectivity index (χ2v) is 4.45. The molecule has 0 aliphatic carbocycles. The minimum atomic E-state index is -1.02. The number of benzene rings is 1. The van der Waals surface area contributed by atoms with Crippen LogP contribution in [0, 0.1) is 6.92 Å². The molecule has 0 saturated heterocycles. The summed E-state index contributed by atoms with van der Waals surface area (Å²) in [4.78, 5) is 11.3. The summed E-state index contributed by atoms with van der Waals surface area (Å²) in [6, 6.07) is 3.52. The van der Waals surface area contributed by atoms with Crippen molar-refractivity contribution in [2.24, 2.45) is 0 Å². The third-order valence-corrected chi connectivity index (χ3v) is 2.92. The summed E-state index contributed by atoms with van der Waals surface area (Å²) in [6.07, 6.45) is 0. The van der Waals surface area contributed by atoms with Gasteiger partial charge in [0, 0.05) is 5.56 Å². The van der Waals surface area contributed by atoms with Crippen LogP contribution in [0.25, 0.3) is 0 Å². The van der Waals surface area contributed by atoms with Crippen molar-refractivity contribution in [3.05, 3.63) is 23.3 Å². The number of carboxylic acid groups (broad SMARTS) is 1. The quantitative estimate of drug-likeness (QED) is 0.875. The molecule has 1 aromatic rings. The summed E-state index contributed by atoms with van der Waals surface area (Å²) in [5.74, 6) is 0.326. The van der Waals surface area contributed by atoms with Gasteiger partial charge in [0.2, 0.25) is 0 Å². The van der Waals surface area contributed by atoms with E-state index in [-0.39, 0.29) is 0 Å². The van der Waals surface area contributed by atoms with Gasteiger partial charge in [-0.2, -0.15) is 0 Å². The van der Waals surface area contributed by atoms with Gasteiger partial charge >= 0.3 is 5.97 Å². The Kier molecular flexibility index (Phi) is 3.66. The van der Waals surface area contributed by atoms with E-state index in [1.807, 2.05) is 6.92 Å². The van der Waals surface area contributed by atoms with Gasteiger partial charge in [-0.05, 0) is 38.5 Å². The maximum atomic E-state index is 11.3. The number of carboxylic acids is 1. The molecule has 0 saturated carbocycles. The van der Waals surface area contributed by atoms with E-state index < -0.39 is 11.4 Å². The molecule has 0 atom stereocenters. The highest BCUT2D eigenvalue weighted by atomic mass is 16.5. The Bertz CT molecular complexity index is 435. The molecule has 0 spiro atoms. The molecule has 94 valence electrons. The van der Waals surface area contributed by atoms with Gasteiger partial charge in [0.1, 0.15) is 11.5 Å². The SMILES string of the molecule is COc1cc(C(C)(C)C(=O)O)c(OC)cc1C. The fraction of sp³-hybridized carbons (Fsp3) is 0.462. The van der Waals surface area contributed by atoms with Crippen molar-refractivity contribution < 1.29 is 19.4 Å². The van der Waals surface area contributed by atoms with E-state index >= 15 is 0 Å². The molecule has 4 nitrogen and oxygen atoms in total. The van der Waals surface area contributed by atoms with Gasteiger partial charge in [-0.15, -0.1) is 0 Å². The number of rotatable bonds is 4. The lowest BCUT2D eigenvalue weighted by molar-refractivity contribution is -0.142. The molecule has 17 heavy (non-hydrogen) atoms. The minimum absolute atomic E-state index is 0.565. The molecule has 0 amide bonds. The number of ether oxygens (including phenoxy) is 2. The molecule has 1 rings (SSSR count). The largest absolute Gasteiger partial charge is 0.496 e. The van der Waals surface area contributed by atoms with Gasteiger partial charge in [-0.1, -0.05) is 0 Å². The number of aliphatic carboxylic acids is 1. The maximum absolute atomic E-state index is 11.3. The molecular formula is C13H18O4. The number of aryl methyl sites for hydroxylation is 1. The Morgan fingerprint density at radius 2 is 1.71 bits per heavy atom. The van der Waals surface area contributed by atoms with Crippen LogP contribution in [-0.4, -0.2) is 25.3 Å². The van der Waals surface area contributed by atoms with Crippen molar-refractivity contribution in [2.45, 2.75) is 26.2 Å². The molecule has 0 aliphatic rings. The van der Waals surface area contributed by atoms with Gasteiger partial charge in [0.25, 0.3) is 0 Å². The average Bonchev–Trinajstić information content (AvgIpc) is 2.27. The van der Waals surface area contributed by atoms with Crippen LogP contribution in [0.2, 0.25) is 0 Å². The van der Waals surface area contributed by atoms with Crippen LogP contribution in [-0.2, 0) is 10.2 Å². The van der Waals surface area contributed by atoms with Crippen LogP contribution < -0.4 is 9.47 Å². The molecule has 4 heteroatoms. The fourth-order valence-electron chi connectivity index (χ4n) is 1.65. The van der Waals surface area contributed by atoms with Crippen LogP contribution >= 0.6 is 0 Å². The van der Waals surface area contributed by atoms with Crippen molar-refractivity contribution in [2.75, 3.05) is 14.2 Å². The van der Waals surface area contributed by atoms with E-state index in [4.69, 9.17) is 9.47 Å². The Balaban J connectivity index is 3.45. The van der Waals surface area contributed by atoms with E-state index in [2.05, 4.69) is 0 Å². The number of hydrogen-bond donors (Lipinski definition) is 1. The Morgan fingerprint density at radius 1 is 1.18 bits per heavy atom. The predicted octanol–water partition coefficient (Wildman–Crippen LogP) is 2.37. The fourth-order valence-corrected chi connectivity index (χ4v) is 1.65. The van der Waals surface area contributed by atoms with Crippen molar-refractivity contribution in [1.82, 2.24) is 0 Å². The van der Waals surface area contributed by atoms with Gasteiger partial charge in [-0.3, -0.25) is 4.79 Å². The van der Waals surface area contributed by atoms with Crippen molar-refractivity contribution in [3.63, 3.8) is 0 Å². The normalized spacial score (nSPS) is 11.1. The Labute approximate surface area is 101 Å². The third kappa shape index (κ3) is 2.35. The summed E-state index contributed by atoms with van der Waals surface area (Å²) >= 11 is 0. The first-order valence-corrected chi connectivity index (χ1v) is 5.31. The van der Waals surface area contributed by atoms with Gasteiger partial charge in [0.05, 0.1) is 19.6 Å². The molecule has 0 heterocycles. The number of methoxy groups -OCH3 is 2. The molecule has 0 unspecified atom stereocenters. The van der Waals surface area contributed by atoms with Crippen LogP contribution in [0.3, 0.4) is 0 Å². The monoisotopic (exact) mass is 238 g/mol. The smallest absolute Gasteiger partial charge is 0.313 e. The van der Waals surface area contributed by atoms with Crippen LogP contribution in [0.4, 0.5) is 0 Å². The standard InChI is InChI=1S/C13H18O4/c1-8-6-11(17-5)9(7-10(8)16-4)13(2,3)12(14)15/h6-7H,1-5H3,(H,14,15). The lowest BCUT2D eigenvalue weighted by Crippen LogP contribution is -2.29. The molecule has 0 radical (unpaired) electrons. The lowest BCUT2D eigenvalue weighted by Gasteiger charge is -2.23. The summed E-state index contributed by atoms with van der Waals surface area (Å²) in [5.41, 5.74) is 0.496. The summed E-state index contributed by atoms with van der Waals surface area (Å²) < 4.78 is 10.5. The van der Waals surface area contributed by atoms with Gasteiger partial charge < -0.3 is 14.6 Å². The second kappa shape index (κ2) is 4.65. The van der Waals surface area contributed by atoms with E-state index in [0.29, 0.717) is 17.1 Å². The second-order valence-electron chi connectivity index (χ2n) is 4.45. The third-order valence-electron chi connectivity index (χ3n) is 2.92. The minimum Gasteiger partial charge on any atom is -0.496 e. The van der Waals surface area contributed by atoms with Crippen molar-refractivity contribution in [3.8, 4) is 11.5 Å². The number of hydrogen-bond acceptors (Lipinski definition) is 3. The zero-order valence-electron chi connectivity index (χ0n) is 10.8. The van der Waals surface area contributed by atoms with Crippen molar-refractivity contribution >= 4 is 5.97 Å². The molecule has 1 N–H and O–H groups in total. The first kappa shape index (κ1) is 13.4. The molecule has 1 aromatic carbocycles. The highest BCUT2D eigenvalue weighted by molar-refractivity contribution is 5.81. The molecular weight excluding hydrogens is 220 g/mol. The van der Waals surface area contributed by atoms with Crippen LogP contribution in [0.15, 0.2) is 12.1 Å².